The lowest BCUT2D eigenvalue weighted by Gasteiger charge is -2.33. The fraction of sp³-hybridized carbons (Fsp3) is 0.355. The van der Waals surface area contributed by atoms with E-state index in [-0.39, 0.29) is 17.3 Å². The molecule has 3 aromatic carbocycles. The van der Waals surface area contributed by atoms with Crippen molar-refractivity contribution in [3.05, 3.63) is 90.0 Å². The highest BCUT2D eigenvalue weighted by Gasteiger charge is 2.33. The third-order valence-corrected chi connectivity index (χ3v) is 8.45. The van der Waals surface area contributed by atoms with Gasteiger partial charge in [-0.15, -0.1) is 0 Å². The number of hydrogen-bond acceptors (Lipinski definition) is 5. The second kappa shape index (κ2) is 14.5. The van der Waals surface area contributed by atoms with Crippen molar-refractivity contribution in [1.29, 1.82) is 0 Å². The summed E-state index contributed by atoms with van der Waals surface area (Å²) in [4.78, 5) is 28.8. The van der Waals surface area contributed by atoms with E-state index in [1.54, 1.807) is 49.6 Å². The zero-order chi connectivity index (χ0) is 29.1. The molecule has 9 heteroatoms. The zero-order valence-electron chi connectivity index (χ0n) is 23.7. The van der Waals surface area contributed by atoms with E-state index in [0.29, 0.717) is 24.4 Å². The normalized spacial score (nSPS) is 11.9. The van der Waals surface area contributed by atoms with E-state index in [1.165, 1.54) is 17.0 Å². The first-order valence-corrected chi connectivity index (χ1v) is 15.1. The van der Waals surface area contributed by atoms with E-state index in [9.17, 15) is 18.0 Å². The standard InChI is InChI=1S/C31H39N3O5S/c1-5-20-32-31(36)29(7-3)33(22-25-12-11-13-27(21-25)39-4)30(35)23-34(26-18-16-24(6-2)17-19-26)40(37,38)28-14-9-8-10-15-28/h8-19,21,29H,5-7,20,22-23H2,1-4H3,(H,32,36)/t29-/m1/s1. The molecular formula is C31H39N3O5S. The van der Waals surface area contributed by atoms with Crippen LogP contribution in [0.4, 0.5) is 5.69 Å². The minimum Gasteiger partial charge on any atom is -0.497 e. The number of nitrogens with zero attached hydrogens (tertiary/aromatic N) is 2. The second-order valence-electron chi connectivity index (χ2n) is 9.43. The van der Waals surface area contributed by atoms with Crippen molar-refractivity contribution in [2.45, 2.75) is 57.5 Å². The predicted octanol–water partition coefficient (Wildman–Crippen LogP) is 4.79. The largest absolute Gasteiger partial charge is 0.497 e. The van der Waals surface area contributed by atoms with E-state index in [4.69, 9.17) is 4.74 Å². The molecule has 0 aromatic heterocycles. The molecule has 0 aliphatic heterocycles. The third kappa shape index (κ3) is 7.63. The number of nitrogens with one attached hydrogen (secondary N) is 1. The molecule has 214 valence electrons. The van der Waals surface area contributed by atoms with Gasteiger partial charge in [-0.1, -0.05) is 63.2 Å². The molecule has 2 amide bonds. The number of rotatable bonds is 14. The molecular weight excluding hydrogens is 526 g/mol. The topological polar surface area (TPSA) is 96.0 Å². The molecule has 0 fully saturated rings. The minimum atomic E-state index is -4.09. The Morgan fingerprint density at radius 3 is 2.20 bits per heavy atom. The fourth-order valence-corrected chi connectivity index (χ4v) is 5.83. The van der Waals surface area contributed by atoms with Gasteiger partial charge in [-0.25, -0.2) is 8.42 Å². The molecule has 0 aliphatic rings. The Bertz CT molecular complexity index is 1360. The number of carbonyl (C=O) groups is 2. The summed E-state index contributed by atoms with van der Waals surface area (Å²) in [6.07, 6.45) is 1.91. The minimum absolute atomic E-state index is 0.0782. The molecule has 0 radical (unpaired) electrons. The Morgan fingerprint density at radius 1 is 0.900 bits per heavy atom. The summed E-state index contributed by atoms with van der Waals surface area (Å²) in [5.74, 6) is -0.136. The van der Waals surface area contributed by atoms with Gasteiger partial charge in [0.25, 0.3) is 10.0 Å². The molecule has 1 atom stereocenters. The third-order valence-electron chi connectivity index (χ3n) is 6.66. The van der Waals surface area contributed by atoms with Crippen molar-refractivity contribution in [3.63, 3.8) is 0 Å². The van der Waals surface area contributed by atoms with Crippen molar-refractivity contribution in [2.24, 2.45) is 0 Å². The number of methoxy groups -OCH3 is 1. The van der Waals surface area contributed by atoms with Crippen molar-refractivity contribution < 1.29 is 22.7 Å². The molecule has 40 heavy (non-hydrogen) atoms. The maximum atomic E-state index is 14.1. The van der Waals surface area contributed by atoms with Crippen LogP contribution in [-0.4, -0.2) is 51.4 Å². The van der Waals surface area contributed by atoms with Gasteiger partial charge in [-0.05, 0) is 66.8 Å². The molecule has 1 N–H and O–H groups in total. The van der Waals surface area contributed by atoms with Gasteiger partial charge in [-0.3, -0.25) is 13.9 Å². The number of sulfonamides is 1. The molecule has 3 rings (SSSR count). The van der Waals surface area contributed by atoms with Crippen LogP contribution in [0.2, 0.25) is 0 Å². The number of amides is 2. The lowest BCUT2D eigenvalue weighted by atomic mass is 10.1. The number of carbonyl (C=O) groups excluding carboxylic acids is 2. The Labute approximate surface area is 238 Å². The number of aryl methyl sites for hydroxylation is 1. The summed E-state index contributed by atoms with van der Waals surface area (Å²) in [6, 6.07) is 21.7. The zero-order valence-corrected chi connectivity index (χ0v) is 24.5. The Hall–Kier alpha value is -3.85. The van der Waals surface area contributed by atoms with E-state index in [2.05, 4.69) is 5.32 Å². The molecule has 0 bridgehead atoms. The highest BCUT2D eigenvalue weighted by Crippen LogP contribution is 2.26. The van der Waals surface area contributed by atoms with Crippen molar-refractivity contribution >= 4 is 27.5 Å². The molecule has 0 saturated carbocycles. The summed E-state index contributed by atoms with van der Waals surface area (Å²) in [7, 11) is -2.53. The Kier molecular flexibility index (Phi) is 11.1. The summed E-state index contributed by atoms with van der Waals surface area (Å²) in [5.41, 5.74) is 2.18. The Balaban J connectivity index is 2.05. The van der Waals surface area contributed by atoms with E-state index in [1.807, 2.05) is 45.0 Å². The predicted molar refractivity (Wildman–Crippen MR) is 158 cm³/mol. The van der Waals surface area contributed by atoms with Crippen LogP contribution in [0.5, 0.6) is 5.75 Å². The molecule has 3 aromatic rings. The monoisotopic (exact) mass is 565 g/mol. The van der Waals surface area contributed by atoms with Crippen LogP contribution in [-0.2, 0) is 32.6 Å². The first-order valence-electron chi connectivity index (χ1n) is 13.6. The van der Waals surface area contributed by atoms with Gasteiger partial charge in [0, 0.05) is 13.1 Å². The van der Waals surface area contributed by atoms with Gasteiger partial charge in [0.1, 0.15) is 18.3 Å². The van der Waals surface area contributed by atoms with Gasteiger partial charge >= 0.3 is 0 Å². The molecule has 0 saturated heterocycles. The van der Waals surface area contributed by atoms with Gasteiger partial charge in [-0.2, -0.15) is 0 Å². The van der Waals surface area contributed by atoms with Crippen LogP contribution >= 0.6 is 0 Å². The smallest absolute Gasteiger partial charge is 0.264 e. The average Bonchev–Trinajstić information content (AvgIpc) is 2.99. The molecule has 0 spiro atoms. The van der Waals surface area contributed by atoms with Crippen molar-refractivity contribution in [1.82, 2.24) is 10.2 Å². The van der Waals surface area contributed by atoms with Crippen LogP contribution in [0.1, 0.15) is 44.7 Å². The maximum Gasteiger partial charge on any atom is 0.264 e. The van der Waals surface area contributed by atoms with E-state index in [0.717, 1.165) is 28.3 Å². The van der Waals surface area contributed by atoms with E-state index >= 15 is 0 Å². The highest BCUT2D eigenvalue weighted by atomic mass is 32.2. The molecule has 0 heterocycles. The molecule has 0 aliphatic carbocycles. The summed E-state index contributed by atoms with van der Waals surface area (Å²) >= 11 is 0. The maximum absolute atomic E-state index is 14.1. The van der Waals surface area contributed by atoms with Gasteiger partial charge in [0.15, 0.2) is 0 Å². The SMILES string of the molecule is CCCNC(=O)[C@@H](CC)N(Cc1cccc(OC)c1)C(=O)CN(c1ccc(CC)cc1)S(=O)(=O)c1ccccc1. The Morgan fingerprint density at radius 2 is 1.60 bits per heavy atom. The first kappa shape index (κ1) is 30.7. The van der Waals surface area contributed by atoms with Crippen molar-refractivity contribution in [2.75, 3.05) is 24.5 Å². The second-order valence-corrected chi connectivity index (χ2v) is 11.3. The summed E-state index contributed by atoms with van der Waals surface area (Å²) < 4.78 is 34.2. The lowest BCUT2D eigenvalue weighted by molar-refractivity contribution is -0.140. The van der Waals surface area contributed by atoms with Crippen LogP contribution in [0, 0.1) is 0 Å². The molecule has 0 unspecified atom stereocenters. The lowest BCUT2D eigenvalue weighted by Crippen LogP contribution is -2.52. The van der Waals surface area contributed by atoms with Crippen LogP contribution in [0.3, 0.4) is 0 Å². The van der Waals surface area contributed by atoms with E-state index < -0.39 is 28.5 Å². The van der Waals surface area contributed by atoms with Gasteiger partial charge < -0.3 is 15.0 Å². The average molecular weight is 566 g/mol. The van der Waals surface area contributed by atoms with Gasteiger partial charge in [0.05, 0.1) is 17.7 Å². The fourth-order valence-electron chi connectivity index (χ4n) is 4.40. The van der Waals surface area contributed by atoms with Crippen LogP contribution < -0.4 is 14.4 Å². The number of hydrogen-bond donors (Lipinski definition) is 1. The van der Waals surface area contributed by atoms with Crippen LogP contribution in [0.25, 0.3) is 0 Å². The summed E-state index contributed by atoms with van der Waals surface area (Å²) in [6.45, 7) is 5.93. The first-order chi connectivity index (χ1) is 19.2. The number of benzene rings is 3. The van der Waals surface area contributed by atoms with Gasteiger partial charge in [0.2, 0.25) is 11.8 Å². The number of ether oxygens (including phenoxy) is 1. The summed E-state index contributed by atoms with van der Waals surface area (Å²) in [5, 5.41) is 2.89. The number of anilines is 1. The van der Waals surface area contributed by atoms with Crippen LogP contribution in [0.15, 0.2) is 83.8 Å². The van der Waals surface area contributed by atoms with Crippen molar-refractivity contribution in [3.8, 4) is 5.75 Å². The molecule has 8 nitrogen and oxygen atoms in total. The highest BCUT2D eigenvalue weighted by molar-refractivity contribution is 7.92. The quantitative estimate of drug-likeness (QED) is 0.303.